The summed E-state index contributed by atoms with van der Waals surface area (Å²) in [5, 5.41) is 0.175. The van der Waals surface area contributed by atoms with Crippen molar-refractivity contribution in [3.8, 4) is 5.75 Å². The van der Waals surface area contributed by atoms with Gasteiger partial charge in [0.2, 0.25) is 0 Å². The van der Waals surface area contributed by atoms with Crippen molar-refractivity contribution in [3.05, 3.63) is 58.1 Å². The van der Waals surface area contributed by atoms with Crippen LogP contribution in [0.3, 0.4) is 0 Å². The molecule has 0 unspecified atom stereocenters. The largest absolute Gasteiger partial charge is 0.497 e. The maximum absolute atomic E-state index is 12.9. The standard InChI is InChI=1S/C16H14ClF3O3S/c1-23-13-7-10(6-12(8-13)16(18,19)20)5-11-3-4-14(9-15(11)17)24(2,21)22/h3-4,6-9H,5H2,1-2H3. The van der Waals surface area contributed by atoms with Crippen molar-refractivity contribution in [1.82, 2.24) is 0 Å². The van der Waals surface area contributed by atoms with Gasteiger partial charge in [-0.3, -0.25) is 0 Å². The molecule has 0 atom stereocenters. The first-order chi connectivity index (χ1) is 11.0. The maximum atomic E-state index is 12.9. The Balaban J connectivity index is 2.41. The molecule has 0 radical (unpaired) electrons. The van der Waals surface area contributed by atoms with Crippen molar-refractivity contribution in [2.45, 2.75) is 17.5 Å². The van der Waals surface area contributed by atoms with Crippen LogP contribution in [-0.4, -0.2) is 21.8 Å². The van der Waals surface area contributed by atoms with Gasteiger partial charge in [-0.2, -0.15) is 13.2 Å². The average Bonchev–Trinajstić information content (AvgIpc) is 2.47. The van der Waals surface area contributed by atoms with E-state index in [2.05, 4.69) is 0 Å². The second-order valence-electron chi connectivity index (χ2n) is 5.27. The summed E-state index contributed by atoms with van der Waals surface area (Å²) in [6.07, 6.45) is -3.33. The summed E-state index contributed by atoms with van der Waals surface area (Å²) < 4.78 is 66.7. The molecule has 0 aliphatic heterocycles. The van der Waals surface area contributed by atoms with Gasteiger partial charge in [0.05, 0.1) is 17.6 Å². The van der Waals surface area contributed by atoms with Gasteiger partial charge >= 0.3 is 6.18 Å². The van der Waals surface area contributed by atoms with Crippen molar-refractivity contribution >= 4 is 21.4 Å². The fourth-order valence-electron chi connectivity index (χ4n) is 2.17. The molecule has 24 heavy (non-hydrogen) atoms. The lowest BCUT2D eigenvalue weighted by Gasteiger charge is -2.12. The SMILES string of the molecule is COc1cc(Cc2ccc(S(C)(=O)=O)cc2Cl)cc(C(F)(F)F)c1. The highest BCUT2D eigenvalue weighted by Crippen LogP contribution is 2.33. The van der Waals surface area contributed by atoms with E-state index in [1.165, 1.54) is 31.4 Å². The molecule has 2 aromatic carbocycles. The minimum atomic E-state index is -4.49. The lowest BCUT2D eigenvalue weighted by Crippen LogP contribution is -2.06. The first-order valence-electron chi connectivity index (χ1n) is 6.74. The van der Waals surface area contributed by atoms with Gasteiger partial charge < -0.3 is 4.74 Å². The molecule has 0 N–H and O–H groups in total. The van der Waals surface area contributed by atoms with E-state index < -0.39 is 21.6 Å². The molecule has 0 spiro atoms. The van der Waals surface area contributed by atoms with Crippen LogP contribution in [0.25, 0.3) is 0 Å². The van der Waals surface area contributed by atoms with Gasteiger partial charge in [0.1, 0.15) is 5.75 Å². The molecule has 0 saturated carbocycles. The summed E-state index contributed by atoms with van der Waals surface area (Å²) in [6, 6.07) is 7.57. The number of alkyl halides is 3. The Morgan fingerprint density at radius 2 is 1.79 bits per heavy atom. The monoisotopic (exact) mass is 378 g/mol. The first kappa shape index (κ1) is 18.6. The van der Waals surface area contributed by atoms with E-state index in [4.69, 9.17) is 16.3 Å². The molecule has 0 aromatic heterocycles. The molecule has 0 bridgehead atoms. The molecule has 0 heterocycles. The van der Waals surface area contributed by atoms with E-state index in [0.717, 1.165) is 18.4 Å². The van der Waals surface area contributed by atoms with Gasteiger partial charge in [0, 0.05) is 11.3 Å². The van der Waals surface area contributed by atoms with Crippen LogP contribution in [0.5, 0.6) is 5.75 Å². The lowest BCUT2D eigenvalue weighted by atomic mass is 10.0. The zero-order valence-electron chi connectivity index (χ0n) is 12.8. The van der Waals surface area contributed by atoms with E-state index in [1.54, 1.807) is 0 Å². The molecule has 0 aliphatic rings. The minimum absolute atomic E-state index is 0.0536. The van der Waals surface area contributed by atoms with Gasteiger partial charge in [-0.1, -0.05) is 17.7 Å². The molecule has 2 aromatic rings. The van der Waals surface area contributed by atoms with Gasteiger partial charge in [0.15, 0.2) is 9.84 Å². The Labute approximate surface area is 142 Å². The molecule has 3 nitrogen and oxygen atoms in total. The van der Waals surface area contributed by atoms with Gasteiger partial charge in [0.25, 0.3) is 0 Å². The summed E-state index contributed by atoms with van der Waals surface area (Å²) >= 11 is 6.07. The van der Waals surface area contributed by atoms with Crippen molar-refractivity contribution in [3.63, 3.8) is 0 Å². The zero-order valence-corrected chi connectivity index (χ0v) is 14.4. The fraction of sp³-hybridized carbons (Fsp3) is 0.250. The number of benzene rings is 2. The van der Waals surface area contributed by atoms with Gasteiger partial charge in [-0.05, 0) is 47.9 Å². The fourth-order valence-corrected chi connectivity index (χ4v) is 3.13. The third-order valence-corrected chi connectivity index (χ3v) is 4.84. The molecule has 130 valence electrons. The predicted molar refractivity (Wildman–Crippen MR) is 85.4 cm³/mol. The number of sulfone groups is 1. The first-order valence-corrected chi connectivity index (χ1v) is 9.01. The average molecular weight is 379 g/mol. The third-order valence-electron chi connectivity index (χ3n) is 3.38. The summed E-state index contributed by atoms with van der Waals surface area (Å²) in [4.78, 5) is 0.0536. The van der Waals surface area contributed by atoms with Crippen LogP contribution in [0.1, 0.15) is 16.7 Å². The summed E-state index contributed by atoms with van der Waals surface area (Å²) in [5.41, 5.74) is 0.0573. The summed E-state index contributed by atoms with van der Waals surface area (Å²) in [7, 11) is -2.12. The quantitative estimate of drug-likeness (QED) is 0.793. The molecule has 0 fully saturated rings. The van der Waals surface area contributed by atoms with Gasteiger partial charge in [-0.15, -0.1) is 0 Å². The van der Waals surface area contributed by atoms with Crippen molar-refractivity contribution in [1.29, 1.82) is 0 Å². The van der Waals surface area contributed by atoms with Crippen LogP contribution in [0, 0.1) is 0 Å². The molecule has 0 saturated heterocycles. The molecule has 8 heteroatoms. The van der Waals surface area contributed by atoms with Crippen LogP contribution in [0.4, 0.5) is 13.2 Å². The number of rotatable bonds is 4. The van der Waals surface area contributed by atoms with Gasteiger partial charge in [-0.25, -0.2) is 8.42 Å². The number of halogens is 4. The zero-order chi connectivity index (χ0) is 18.1. The molecule has 0 aliphatic carbocycles. The number of methoxy groups -OCH3 is 1. The Kier molecular flexibility index (Phi) is 5.15. The number of hydrogen-bond donors (Lipinski definition) is 0. The van der Waals surface area contributed by atoms with Crippen molar-refractivity contribution in [2.75, 3.05) is 13.4 Å². The van der Waals surface area contributed by atoms with E-state index in [0.29, 0.717) is 11.1 Å². The second-order valence-corrected chi connectivity index (χ2v) is 7.69. The van der Waals surface area contributed by atoms with Crippen LogP contribution in [0.2, 0.25) is 5.02 Å². The molecule has 2 rings (SSSR count). The smallest absolute Gasteiger partial charge is 0.416 e. The van der Waals surface area contributed by atoms with Crippen molar-refractivity contribution < 1.29 is 26.3 Å². The second kappa shape index (κ2) is 6.64. The lowest BCUT2D eigenvalue weighted by molar-refractivity contribution is -0.137. The Hall–Kier alpha value is -1.73. The van der Waals surface area contributed by atoms with E-state index in [9.17, 15) is 21.6 Å². The third kappa shape index (κ3) is 4.42. The van der Waals surface area contributed by atoms with Crippen LogP contribution < -0.4 is 4.74 Å². The minimum Gasteiger partial charge on any atom is -0.497 e. The number of ether oxygens (including phenoxy) is 1. The highest BCUT2D eigenvalue weighted by Gasteiger charge is 2.31. The molecular formula is C16H14ClF3O3S. The van der Waals surface area contributed by atoms with Crippen LogP contribution in [0.15, 0.2) is 41.3 Å². The van der Waals surface area contributed by atoms with Crippen LogP contribution in [-0.2, 0) is 22.4 Å². The van der Waals surface area contributed by atoms with E-state index in [-0.39, 0.29) is 22.1 Å². The summed E-state index contributed by atoms with van der Waals surface area (Å²) in [5.74, 6) is 0.0868. The highest BCUT2D eigenvalue weighted by molar-refractivity contribution is 7.90. The maximum Gasteiger partial charge on any atom is 0.416 e. The summed E-state index contributed by atoms with van der Waals surface area (Å²) in [6.45, 7) is 0. The normalized spacial score (nSPS) is 12.2. The molecular weight excluding hydrogens is 365 g/mol. The Morgan fingerprint density at radius 1 is 1.12 bits per heavy atom. The number of hydrogen-bond acceptors (Lipinski definition) is 3. The predicted octanol–water partition coefficient (Wildman–Crippen LogP) is 4.36. The highest BCUT2D eigenvalue weighted by atomic mass is 35.5. The Morgan fingerprint density at radius 3 is 2.29 bits per heavy atom. The topological polar surface area (TPSA) is 43.4 Å². The van der Waals surface area contributed by atoms with E-state index in [1.807, 2.05) is 0 Å². The van der Waals surface area contributed by atoms with Crippen molar-refractivity contribution in [2.24, 2.45) is 0 Å². The molecule has 0 amide bonds. The van der Waals surface area contributed by atoms with E-state index >= 15 is 0 Å². The van der Waals surface area contributed by atoms with Crippen LogP contribution >= 0.6 is 11.6 Å². The Bertz CT molecular complexity index is 861.